The van der Waals surface area contributed by atoms with E-state index >= 15 is 0 Å². The molecule has 1 aromatic heterocycles. The van der Waals surface area contributed by atoms with E-state index in [9.17, 15) is 9.59 Å². The van der Waals surface area contributed by atoms with Gasteiger partial charge in [-0.2, -0.15) is 0 Å². The van der Waals surface area contributed by atoms with Crippen molar-refractivity contribution in [2.45, 2.75) is 32.7 Å². The molecule has 1 aliphatic heterocycles. The number of fused-ring (bicyclic) bond motifs is 1. The molecule has 1 aliphatic rings. The van der Waals surface area contributed by atoms with E-state index in [2.05, 4.69) is 10.3 Å². The highest BCUT2D eigenvalue weighted by molar-refractivity contribution is 5.89. The van der Waals surface area contributed by atoms with E-state index in [0.29, 0.717) is 18.8 Å². The van der Waals surface area contributed by atoms with Crippen LogP contribution < -0.4 is 15.7 Å². The van der Waals surface area contributed by atoms with Crippen molar-refractivity contribution < 1.29 is 9.53 Å². The third kappa shape index (κ3) is 3.60. The number of amides is 2. The fourth-order valence-corrected chi connectivity index (χ4v) is 4.08. The Morgan fingerprint density at radius 3 is 2.62 bits per heavy atom. The molecule has 2 amide bonds. The Morgan fingerprint density at radius 2 is 1.90 bits per heavy atom. The lowest BCUT2D eigenvalue weighted by Crippen LogP contribution is -2.42. The fraction of sp³-hybridized carbons (Fsp3) is 0.364. The summed E-state index contributed by atoms with van der Waals surface area (Å²) < 4.78 is 7.17. The van der Waals surface area contributed by atoms with Gasteiger partial charge in [0, 0.05) is 30.9 Å². The lowest BCUT2D eigenvalue weighted by Gasteiger charge is -2.32. The van der Waals surface area contributed by atoms with Gasteiger partial charge in [-0.3, -0.25) is 4.57 Å². The van der Waals surface area contributed by atoms with Crippen LogP contribution in [0.5, 0.6) is 5.75 Å². The van der Waals surface area contributed by atoms with Gasteiger partial charge in [0.05, 0.1) is 18.1 Å². The van der Waals surface area contributed by atoms with Crippen molar-refractivity contribution in [1.29, 1.82) is 0 Å². The van der Waals surface area contributed by atoms with Crippen molar-refractivity contribution in [3.63, 3.8) is 0 Å². The van der Waals surface area contributed by atoms with Gasteiger partial charge >= 0.3 is 11.7 Å². The molecule has 152 valence electrons. The second-order valence-electron chi connectivity index (χ2n) is 7.60. The third-order valence-electron chi connectivity index (χ3n) is 5.74. The topological polar surface area (TPSA) is 79.4 Å². The summed E-state index contributed by atoms with van der Waals surface area (Å²) in [6.07, 6.45) is 1.48. The molecule has 0 saturated carbocycles. The number of benzene rings is 2. The number of aryl methyl sites for hydroxylation is 2. The van der Waals surface area contributed by atoms with Crippen LogP contribution in [0, 0.1) is 13.8 Å². The number of urea groups is 1. The lowest BCUT2D eigenvalue weighted by molar-refractivity contribution is 0.184. The minimum atomic E-state index is -0.128. The standard InChI is InChI=1S/C22H26N4O3/c1-14-7-8-16(13-19(14)29-3)23-21(27)25-11-9-17(10-12-25)26-18-6-4-5-15(2)20(18)24-22(26)28/h4-8,13,17H,9-12H2,1-3H3,(H,23,27)(H,24,28). The van der Waals surface area contributed by atoms with Gasteiger partial charge in [0.25, 0.3) is 0 Å². The highest BCUT2D eigenvalue weighted by Crippen LogP contribution is 2.27. The van der Waals surface area contributed by atoms with Crippen molar-refractivity contribution >= 4 is 22.8 Å². The monoisotopic (exact) mass is 394 g/mol. The minimum Gasteiger partial charge on any atom is -0.496 e. The van der Waals surface area contributed by atoms with Gasteiger partial charge in [-0.05, 0) is 49.9 Å². The van der Waals surface area contributed by atoms with E-state index < -0.39 is 0 Å². The second kappa shape index (κ2) is 7.66. The Kier molecular flexibility index (Phi) is 5.05. The SMILES string of the molecule is COc1cc(NC(=O)N2CCC(n3c(=O)[nH]c4c(C)cccc43)CC2)ccc1C. The number of nitrogens with one attached hydrogen (secondary N) is 2. The predicted octanol–water partition coefficient (Wildman–Crippen LogP) is 3.82. The summed E-state index contributed by atoms with van der Waals surface area (Å²) in [5.74, 6) is 0.746. The minimum absolute atomic E-state index is 0.0797. The Labute approximate surface area is 169 Å². The Morgan fingerprint density at radius 1 is 1.14 bits per heavy atom. The molecule has 1 saturated heterocycles. The lowest BCUT2D eigenvalue weighted by atomic mass is 10.0. The number of piperidine rings is 1. The number of methoxy groups -OCH3 is 1. The van der Waals surface area contributed by atoms with Gasteiger partial charge in [-0.1, -0.05) is 18.2 Å². The van der Waals surface area contributed by atoms with Crippen molar-refractivity contribution in [2.75, 3.05) is 25.5 Å². The predicted molar refractivity (Wildman–Crippen MR) is 114 cm³/mol. The number of anilines is 1. The number of hydrogen-bond acceptors (Lipinski definition) is 3. The third-order valence-corrected chi connectivity index (χ3v) is 5.74. The molecule has 0 atom stereocenters. The molecule has 1 fully saturated rings. The first-order chi connectivity index (χ1) is 14.0. The zero-order valence-corrected chi connectivity index (χ0v) is 17.0. The summed E-state index contributed by atoms with van der Waals surface area (Å²) >= 11 is 0. The van der Waals surface area contributed by atoms with Crippen LogP contribution in [0.2, 0.25) is 0 Å². The van der Waals surface area contributed by atoms with Gasteiger partial charge < -0.3 is 19.9 Å². The summed E-state index contributed by atoms with van der Waals surface area (Å²) in [4.78, 5) is 30.0. The van der Waals surface area contributed by atoms with Crippen molar-refractivity contribution in [3.8, 4) is 5.75 Å². The normalized spacial score (nSPS) is 14.9. The average Bonchev–Trinajstić information content (AvgIpc) is 3.07. The van der Waals surface area contributed by atoms with Crippen LogP contribution in [-0.2, 0) is 0 Å². The van der Waals surface area contributed by atoms with Crippen molar-refractivity contribution in [1.82, 2.24) is 14.5 Å². The first kappa shape index (κ1) is 19.1. The molecule has 0 aliphatic carbocycles. The number of ether oxygens (including phenoxy) is 1. The molecule has 4 rings (SSSR count). The number of imidazole rings is 1. The summed E-state index contributed by atoms with van der Waals surface area (Å²) in [5.41, 5.74) is 4.54. The summed E-state index contributed by atoms with van der Waals surface area (Å²) in [5, 5.41) is 2.94. The number of aromatic nitrogens is 2. The maximum atomic E-state index is 12.7. The summed E-state index contributed by atoms with van der Waals surface area (Å²) in [6, 6.07) is 11.5. The highest BCUT2D eigenvalue weighted by atomic mass is 16.5. The number of aromatic amines is 1. The smallest absolute Gasteiger partial charge is 0.326 e. The van der Waals surface area contributed by atoms with Gasteiger partial charge in [0.1, 0.15) is 5.75 Å². The molecule has 2 heterocycles. The van der Waals surface area contributed by atoms with Gasteiger partial charge in [0.2, 0.25) is 0 Å². The number of carbonyl (C=O) groups excluding carboxylic acids is 1. The molecule has 0 bridgehead atoms. The van der Waals surface area contributed by atoms with Gasteiger partial charge in [-0.15, -0.1) is 0 Å². The van der Waals surface area contributed by atoms with Crippen LogP contribution in [0.25, 0.3) is 11.0 Å². The zero-order valence-electron chi connectivity index (χ0n) is 17.0. The van der Waals surface area contributed by atoms with E-state index in [1.807, 2.05) is 54.8 Å². The van der Waals surface area contributed by atoms with Crippen LogP contribution >= 0.6 is 0 Å². The van der Waals surface area contributed by atoms with E-state index in [1.165, 1.54) is 0 Å². The second-order valence-corrected chi connectivity index (χ2v) is 7.60. The molecular formula is C22H26N4O3. The quantitative estimate of drug-likeness (QED) is 0.709. The van der Waals surface area contributed by atoms with Gasteiger partial charge in [0.15, 0.2) is 0 Å². The van der Waals surface area contributed by atoms with E-state index in [0.717, 1.165) is 40.8 Å². The number of para-hydroxylation sites is 1. The molecule has 3 aromatic rings. The van der Waals surface area contributed by atoms with E-state index in [4.69, 9.17) is 4.74 Å². The molecule has 0 unspecified atom stereocenters. The van der Waals surface area contributed by atoms with Gasteiger partial charge in [-0.25, -0.2) is 9.59 Å². The number of rotatable bonds is 3. The zero-order chi connectivity index (χ0) is 20.5. The molecule has 2 N–H and O–H groups in total. The first-order valence-electron chi connectivity index (χ1n) is 9.88. The van der Waals surface area contributed by atoms with Crippen LogP contribution in [0.15, 0.2) is 41.2 Å². The summed E-state index contributed by atoms with van der Waals surface area (Å²) in [6.45, 7) is 5.16. The number of likely N-dealkylation sites (tertiary alicyclic amines) is 1. The van der Waals surface area contributed by atoms with E-state index in [1.54, 1.807) is 12.0 Å². The molecule has 0 radical (unpaired) electrons. The average molecular weight is 394 g/mol. The van der Waals surface area contributed by atoms with Crippen LogP contribution in [-0.4, -0.2) is 40.7 Å². The number of H-pyrrole nitrogens is 1. The Hall–Kier alpha value is -3.22. The van der Waals surface area contributed by atoms with Crippen molar-refractivity contribution in [2.24, 2.45) is 0 Å². The highest BCUT2D eigenvalue weighted by Gasteiger charge is 2.26. The maximum Gasteiger partial charge on any atom is 0.326 e. The first-order valence-corrected chi connectivity index (χ1v) is 9.88. The van der Waals surface area contributed by atoms with Crippen LogP contribution in [0.3, 0.4) is 0 Å². The number of carbonyl (C=O) groups is 1. The largest absolute Gasteiger partial charge is 0.496 e. The Balaban J connectivity index is 1.45. The Bertz CT molecular complexity index is 1110. The van der Waals surface area contributed by atoms with Crippen LogP contribution in [0.1, 0.15) is 30.0 Å². The fourth-order valence-electron chi connectivity index (χ4n) is 4.08. The molecular weight excluding hydrogens is 368 g/mol. The van der Waals surface area contributed by atoms with Crippen molar-refractivity contribution in [3.05, 3.63) is 58.0 Å². The summed E-state index contributed by atoms with van der Waals surface area (Å²) in [7, 11) is 1.62. The number of hydrogen-bond donors (Lipinski definition) is 2. The molecule has 29 heavy (non-hydrogen) atoms. The molecule has 7 heteroatoms. The van der Waals surface area contributed by atoms with Crippen LogP contribution in [0.4, 0.5) is 10.5 Å². The molecule has 0 spiro atoms. The van der Waals surface area contributed by atoms with E-state index in [-0.39, 0.29) is 17.8 Å². The number of nitrogens with zero attached hydrogens (tertiary/aromatic N) is 2. The molecule has 2 aromatic carbocycles. The molecule has 7 nitrogen and oxygen atoms in total. The maximum absolute atomic E-state index is 12.7.